The number of amidine groups is 1. The standard InChI is InChI=1S/C11H22N4/c1-9(12-5)15-10(13-6)14-8-7-11(2,3)4/h8H,7H2,1-6H3,(H,12,13,15). The molecule has 0 aromatic carbocycles. The van der Waals surface area contributed by atoms with E-state index in [4.69, 9.17) is 0 Å². The number of hydrogen-bond donors (Lipinski definition) is 1. The number of nitrogens with one attached hydrogen (secondary N) is 1. The largest absolute Gasteiger partial charge is 0.313 e. The van der Waals surface area contributed by atoms with Crippen molar-refractivity contribution in [3.05, 3.63) is 0 Å². The molecule has 4 nitrogen and oxygen atoms in total. The number of aliphatic imine (C=N–C) groups is 3. The van der Waals surface area contributed by atoms with Crippen LogP contribution >= 0.6 is 0 Å². The van der Waals surface area contributed by atoms with Crippen molar-refractivity contribution in [1.82, 2.24) is 5.32 Å². The molecule has 0 saturated carbocycles. The summed E-state index contributed by atoms with van der Waals surface area (Å²) in [6.45, 7) is 8.40. The lowest BCUT2D eigenvalue weighted by Crippen LogP contribution is -2.27. The van der Waals surface area contributed by atoms with Crippen LogP contribution in [0.15, 0.2) is 15.0 Å². The number of guanidine groups is 1. The molecule has 0 saturated heterocycles. The predicted octanol–water partition coefficient (Wildman–Crippen LogP) is 2.12. The van der Waals surface area contributed by atoms with Crippen molar-refractivity contribution in [3.8, 4) is 0 Å². The van der Waals surface area contributed by atoms with Gasteiger partial charge >= 0.3 is 0 Å². The Hall–Kier alpha value is -1.19. The van der Waals surface area contributed by atoms with E-state index >= 15 is 0 Å². The first-order chi connectivity index (χ1) is 6.89. The molecule has 0 aliphatic rings. The van der Waals surface area contributed by atoms with Crippen LogP contribution in [-0.2, 0) is 0 Å². The van der Waals surface area contributed by atoms with Gasteiger partial charge in [0.25, 0.3) is 0 Å². The van der Waals surface area contributed by atoms with E-state index in [-0.39, 0.29) is 5.41 Å². The van der Waals surface area contributed by atoms with Gasteiger partial charge in [0.2, 0.25) is 5.96 Å². The van der Waals surface area contributed by atoms with Crippen LogP contribution in [0, 0.1) is 5.41 Å². The minimum absolute atomic E-state index is 0.260. The second kappa shape index (κ2) is 6.32. The SMILES string of the molecule is CN=C(C)NC(N=CCC(C)(C)C)=NC. The van der Waals surface area contributed by atoms with E-state index in [0.29, 0.717) is 5.96 Å². The van der Waals surface area contributed by atoms with E-state index in [9.17, 15) is 0 Å². The van der Waals surface area contributed by atoms with Gasteiger partial charge in [-0.05, 0) is 18.8 Å². The molecule has 0 aromatic heterocycles. The minimum atomic E-state index is 0.260. The zero-order chi connectivity index (χ0) is 11.9. The highest BCUT2D eigenvalue weighted by atomic mass is 15.1. The van der Waals surface area contributed by atoms with E-state index < -0.39 is 0 Å². The van der Waals surface area contributed by atoms with Gasteiger partial charge in [-0.15, -0.1) is 0 Å². The van der Waals surface area contributed by atoms with Crippen LogP contribution in [0.3, 0.4) is 0 Å². The number of rotatable bonds is 1. The van der Waals surface area contributed by atoms with Gasteiger partial charge in [-0.1, -0.05) is 20.8 Å². The highest BCUT2D eigenvalue weighted by molar-refractivity contribution is 6.01. The number of nitrogens with zero attached hydrogens (tertiary/aromatic N) is 3. The van der Waals surface area contributed by atoms with E-state index in [1.165, 1.54) is 0 Å². The molecule has 0 rings (SSSR count). The minimum Gasteiger partial charge on any atom is -0.313 e. The second-order valence-corrected chi connectivity index (χ2v) is 4.56. The average molecular weight is 210 g/mol. The summed E-state index contributed by atoms with van der Waals surface area (Å²) in [6, 6.07) is 0. The fourth-order valence-corrected chi connectivity index (χ4v) is 0.770. The normalized spacial score (nSPS) is 14.8. The summed E-state index contributed by atoms with van der Waals surface area (Å²) in [6.07, 6.45) is 2.81. The zero-order valence-corrected chi connectivity index (χ0v) is 10.6. The Morgan fingerprint density at radius 3 is 2.20 bits per heavy atom. The molecule has 0 bridgehead atoms. The summed E-state index contributed by atoms with van der Waals surface area (Å²) in [5, 5.41) is 3.00. The molecule has 15 heavy (non-hydrogen) atoms. The fourth-order valence-electron chi connectivity index (χ4n) is 0.770. The molecule has 0 radical (unpaired) electrons. The molecule has 0 heterocycles. The van der Waals surface area contributed by atoms with Crippen molar-refractivity contribution in [2.24, 2.45) is 20.4 Å². The molecule has 1 N–H and O–H groups in total. The van der Waals surface area contributed by atoms with Crippen LogP contribution < -0.4 is 5.32 Å². The van der Waals surface area contributed by atoms with Gasteiger partial charge in [0, 0.05) is 20.3 Å². The van der Waals surface area contributed by atoms with E-state index in [2.05, 4.69) is 41.1 Å². The molecule has 86 valence electrons. The highest BCUT2D eigenvalue weighted by Gasteiger charge is 2.07. The van der Waals surface area contributed by atoms with Crippen LogP contribution in [0.2, 0.25) is 0 Å². The summed E-state index contributed by atoms with van der Waals surface area (Å²) < 4.78 is 0. The van der Waals surface area contributed by atoms with E-state index in [0.717, 1.165) is 12.3 Å². The third-order valence-electron chi connectivity index (χ3n) is 1.76. The van der Waals surface area contributed by atoms with Gasteiger partial charge in [-0.25, -0.2) is 4.99 Å². The first kappa shape index (κ1) is 13.8. The Balaban J connectivity index is 4.24. The fraction of sp³-hybridized carbons (Fsp3) is 0.727. The average Bonchev–Trinajstić information content (AvgIpc) is 2.14. The maximum absolute atomic E-state index is 4.25. The third kappa shape index (κ3) is 7.85. The van der Waals surface area contributed by atoms with Gasteiger partial charge < -0.3 is 5.32 Å². The van der Waals surface area contributed by atoms with Gasteiger partial charge in [-0.2, -0.15) is 0 Å². The van der Waals surface area contributed by atoms with E-state index in [1.54, 1.807) is 14.1 Å². The first-order valence-corrected chi connectivity index (χ1v) is 5.09. The van der Waals surface area contributed by atoms with Crippen LogP contribution in [0.1, 0.15) is 34.1 Å². The lowest BCUT2D eigenvalue weighted by atomic mass is 9.93. The number of hydrogen-bond acceptors (Lipinski definition) is 2. The molecule has 0 fully saturated rings. The second-order valence-electron chi connectivity index (χ2n) is 4.56. The molecule has 4 heteroatoms. The third-order valence-corrected chi connectivity index (χ3v) is 1.76. The monoisotopic (exact) mass is 210 g/mol. The predicted molar refractivity (Wildman–Crippen MR) is 68.1 cm³/mol. The molecule has 0 aromatic rings. The smallest absolute Gasteiger partial charge is 0.222 e. The summed E-state index contributed by atoms with van der Waals surface area (Å²) in [5.74, 6) is 1.41. The van der Waals surface area contributed by atoms with Gasteiger partial charge in [0.05, 0.1) is 5.84 Å². The van der Waals surface area contributed by atoms with Crippen LogP contribution in [-0.4, -0.2) is 32.1 Å². The summed E-state index contributed by atoms with van der Waals surface area (Å²) >= 11 is 0. The van der Waals surface area contributed by atoms with Crippen molar-refractivity contribution in [3.63, 3.8) is 0 Å². The Morgan fingerprint density at radius 1 is 1.20 bits per heavy atom. The maximum atomic E-state index is 4.25. The van der Waals surface area contributed by atoms with E-state index in [1.807, 2.05) is 13.1 Å². The first-order valence-electron chi connectivity index (χ1n) is 5.09. The van der Waals surface area contributed by atoms with Crippen molar-refractivity contribution in [2.75, 3.05) is 14.1 Å². The Labute approximate surface area is 92.6 Å². The molecular formula is C11H22N4. The van der Waals surface area contributed by atoms with Crippen LogP contribution in [0.5, 0.6) is 0 Å². The Bertz CT molecular complexity index is 269. The summed E-state index contributed by atoms with van der Waals surface area (Å²) in [7, 11) is 3.44. The molecule has 0 aliphatic heterocycles. The van der Waals surface area contributed by atoms with Gasteiger partial charge in [0.1, 0.15) is 0 Å². The van der Waals surface area contributed by atoms with Gasteiger partial charge in [-0.3, -0.25) is 9.98 Å². The lowest BCUT2D eigenvalue weighted by molar-refractivity contribution is 0.438. The molecule has 0 aliphatic carbocycles. The molecule has 0 unspecified atom stereocenters. The van der Waals surface area contributed by atoms with Crippen molar-refractivity contribution < 1.29 is 0 Å². The topological polar surface area (TPSA) is 49.1 Å². The molecule has 0 spiro atoms. The molecule has 0 atom stereocenters. The summed E-state index contributed by atoms with van der Waals surface area (Å²) in [4.78, 5) is 12.3. The van der Waals surface area contributed by atoms with Crippen LogP contribution in [0.25, 0.3) is 0 Å². The van der Waals surface area contributed by atoms with Crippen molar-refractivity contribution in [1.29, 1.82) is 0 Å². The van der Waals surface area contributed by atoms with Crippen molar-refractivity contribution >= 4 is 18.0 Å². The summed E-state index contributed by atoms with van der Waals surface area (Å²) in [5.41, 5.74) is 0.260. The lowest BCUT2D eigenvalue weighted by Gasteiger charge is -2.14. The Kier molecular flexibility index (Phi) is 5.82. The zero-order valence-electron chi connectivity index (χ0n) is 10.6. The molecular weight excluding hydrogens is 188 g/mol. The van der Waals surface area contributed by atoms with Crippen molar-refractivity contribution in [2.45, 2.75) is 34.1 Å². The highest BCUT2D eigenvalue weighted by Crippen LogP contribution is 2.15. The molecule has 0 amide bonds. The maximum Gasteiger partial charge on any atom is 0.222 e. The Morgan fingerprint density at radius 2 is 1.80 bits per heavy atom. The quantitative estimate of drug-likeness (QED) is 0.523. The van der Waals surface area contributed by atoms with Gasteiger partial charge in [0.15, 0.2) is 0 Å². The van der Waals surface area contributed by atoms with Crippen LogP contribution in [0.4, 0.5) is 0 Å².